The van der Waals surface area contributed by atoms with Crippen molar-refractivity contribution in [3.63, 3.8) is 0 Å². The zero-order valence-electron chi connectivity index (χ0n) is 11.5. The second-order valence-corrected chi connectivity index (χ2v) is 5.62. The Labute approximate surface area is 114 Å². The number of hydrogen-bond donors (Lipinski definition) is 3. The predicted octanol–water partition coefficient (Wildman–Crippen LogP) is 3.13. The lowest BCUT2D eigenvalue weighted by Gasteiger charge is -2.34. The van der Waals surface area contributed by atoms with Crippen LogP contribution in [0.5, 0.6) is 0 Å². The fourth-order valence-electron chi connectivity index (χ4n) is 3.30. The Morgan fingerprint density at radius 3 is 2.89 bits per heavy atom. The highest BCUT2D eigenvalue weighted by atomic mass is 19.1. The molecule has 3 nitrogen and oxygen atoms in total. The van der Waals surface area contributed by atoms with Crippen LogP contribution in [0, 0.1) is 17.7 Å². The molecule has 0 radical (unpaired) electrons. The monoisotopic (exact) mass is 265 g/mol. The SMILES string of the molecule is CCC1CCCC(C(NN)c2cc(F)ccc2N)C1. The molecule has 2 rings (SSSR count). The van der Waals surface area contributed by atoms with Crippen LogP contribution in [0.4, 0.5) is 10.1 Å². The van der Waals surface area contributed by atoms with Gasteiger partial charge in [0.2, 0.25) is 0 Å². The van der Waals surface area contributed by atoms with Gasteiger partial charge in [-0.2, -0.15) is 0 Å². The van der Waals surface area contributed by atoms with Gasteiger partial charge in [-0.15, -0.1) is 0 Å². The lowest BCUT2D eigenvalue weighted by atomic mass is 9.75. The van der Waals surface area contributed by atoms with Crippen molar-refractivity contribution in [2.45, 2.75) is 45.1 Å². The van der Waals surface area contributed by atoms with Gasteiger partial charge in [0.15, 0.2) is 0 Å². The van der Waals surface area contributed by atoms with Gasteiger partial charge in [0, 0.05) is 5.69 Å². The van der Waals surface area contributed by atoms with E-state index in [1.807, 2.05) is 0 Å². The van der Waals surface area contributed by atoms with Gasteiger partial charge >= 0.3 is 0 Å². The van der Waals surface area contributed by atoms with Crippen molar-refractivity contribution in [2.24, 2.45) is 17.7 Å². The van der Waals surface area contributed by atoms with Crippen molar-refractivity contribution in [1.29, 1.82) is 0 Å². The fourth-order valence-corrected chi connectivity index (χ4v) is 3.30. The van der Waals surface area contributed by atoms with Crippen LogP contribution in [0.25, 0.3) is 0 Å². The Morgan fingerprint density at radius 2 is 2.21 bits per heavy atom. The number of hydrogen-bond acceptors (Lipinski definition) is 3. The summed E-state index contributed by atoms with van der Waals surface area (Å²) in [4.78, 5) is 0. The Morgan fingerprint density at radius 1 is 1.42 bits per heavy atom. The van der Waals surface area contributed by atoms with Crippen LogP contribution < -0.4 is 17.0 Å². The third-order valence-corrected chi connectivity index (χ3v) is 4.44. The third kappa shape index (κ3) is 3.25. The van der Waals surface area contributed by atoms with E-state index in [4.69, 9.17) is 11.6 Å². The summed E-state index contributed by atoms with van der Waals surface area (Å²) in [7, 11) is 0. The first-order valence-corrected chi connectivity index (χ1v) is 7.16. The molecule has 0 saturated heterocycles. The van der Waals surface area contributed by atoms with Crippen LogP contribution in [0.15, 0.2) is 18.2 Å². The molecule has 0 heterocycles. The summed E-state index contributed by atoms with van der Waals surface area (Å²) in [6.07, 6.45) is 5.98. The molecule has 1 aliphatic rings. The van der Waals surface area contributed by atoms with Crippen LogP contribution in [0.3, 0.4) is 0 Å². The van der Waals surface area contributed by atoms with E-state index in [2.05, 4.69) is 12.3 Å². The second-order valence-electron chi connectivity index (χ2n) is 5.62. The van der Waals surface area contributed by atoms with Crippen molar-refractivity contribution in [2.75, 3.05) is 5.73 Å². The fraction of sp³-hybridized carbons (Fsp3) is 0.600. The number of benzene rings is 1. The van der Waals surface area contributed by atoms with Gasteiger partial charge in [-0.1, -0.05) is 26.2 Å². The summed E-state index contributed by atoms with van der Waals surface area (Å²) in [5.41, 5.74) is 10.2. The first-order valence-electron chi connectivity index (χ1n) is 7.16. The summed E-state index contributed by atoms with van der Waals surface area (Å²) in [5.74, 6) is 6.65. The Balaban J connectivity index is 2.21. The highest BCUT2D eigenvalue weighted by Gasteiger charge is 2.29. The number of rotatable bonds is 4. The van der Waals surface area contributed by atoms with Gasteiger partial charge in [-0.3, -0.25) is 11.3 Å². The van der Waals surface area contributed by atoms with Crippen molar-refractivity contribution in [3.8, 4) is 0 Å². The zero-order valence-corrected chi connectivity index (χ0v) is 11.5. The molecule has 106 valence electrons. The lowest BCUT2D eigenvalue weighted by molar-refractivity contribution is 0.210. The molecule has 0 amide bonds. The topological polar surface area (TPSA) is 64.1 Å². The number of anilines is 1. The number of nitrogens with two attached hydrogens (primary N) is 2. The minimum Gasteiger partial charge on any atom is -0.398 e. The molecular formula is C15H24FN3. The van der Waals surface area contributed by atoms with E-state index >= 15 is 0 Å². The van der Waals surface area contributed by atoms with E-state index in [-0.39, 0.29) is 11.9 Å². The lowest BCUT2D eigenvalue weighted by Crippen LogP contribution is -2.36. The third-order valence-electron chi connectivity index (χ3n) is 4.44. The van der Waals surface area contributed by atoms with E-state index in [0.29, 0.717) is 11.6 Å². The van der Waals surface area contributed by atoms with Crippen molar-refractivity contribution >= 4 is 5.69 Å². The summed E-state index contributed by atoms with van der Waals surface area (Å²) < 4.78 is 13.4. The summed E-state index contributed by atoms with van der Waals surface area (Å²) in [5, 5.41) is 0. The molecule has 1 aliphatic carbocycles. The highest BCUT2D eigenvalue weighted by molar-refractivity contribution is 5.48. The number of nitrogen functional groups attached to an aromatic ring is 1. The number of halogens is 1. The van der Waals surface area contributed by atoms with Gasteiger partial charge in [0.05, 0.1) is 6.04 Å². The van der Waals surface area contributed by atoms with E-state index in [1.54, 1.807) is 6.07 Å². The quantitative estimate of drug-likeness (QED) is 0.445. The van der Waals surface area contributed by atoms with Crippen molar-refractivity contribution < 1.29 is 4.39 Å². The Hall–Kier alpha value is -1.13. The Kier molecular flexibility index (Phi) is 4.77. The summed E-state index contributed by atoms with van der Waals surface area (Å²) in [6, 6.07) is 4.47. The van der Waals surface area contributed by atoms with Crippen molar-refractivity contribution in [3.05, 3.63) is 29.6 Å². The maximum atomic E-state index is 13.4. The highest BCUT2D eigenvalue weighted by Crippen LogP contribution is 2.39. The van der Waals surface area contributed by atoms with Gasteiger partial charge in [-0.25, -0.2) is 4.39 Å². The first-order chi connectivity index (χ1) is 9.15. The molecule has 0 bridgehead atoms. The van der Waals surface area contributed by atoms with Gasteiger partial charge in [0.25, 0.3) is 0 Å². The molecule has 0 aliphatic heterocycles. The molecule has 1 fully saturated rings. The van der Waals surface area contributed by atoms with Gasteiger partial charge in [0.1, 0.15) is 5.82 Å². The molecule has 3 atom stereocenters. The molecule has 19 heavy (non-hydrogen) atoms. The average molecular weight is 265 g/mol. The van der Waals surface area contributed by atoms with E-state index in [0.717, 1.165) is 24.3 Å². The molecule has 0 aromatic heterocycles. The minimum atomic E-state index is -0.257. The number of nitrogens with one attached hydrogen (secondary N) is 1. The summed E-state index contributed by atoms with van der Waals surface area (Å²) >= 11 is 0. The van der Waals surface area contributed by atoms with Crippen LogP contribution >= 0.6 is 0 Å². The molecule has 1 aromatic rings. The molecule has 3 unspecified atom stereocenters. The van der Waals surface area contributed by atoms with Crippen LogP contribution in [0.2, 0.25) is 0 Å². The molecule has 1 saturated carbocycles. The largest absolute Gasteiger partial charge is 0.398 e. The second kappa shape index (κ2) is 6.35. The molecule has 0 spiro atoms. The molecule has 5 N–H and O–H groups in total. The van der Waals surface area contributed by atoms with Crippen LogP contribution in [0.1, 0.15) is 50.6 Å². The maximum absolute atomic E-state index is 13.4. The molecular weight excluding hydrogens is 241 g/mol. The molecule has 1 aromatic carbocycles. The van der Waals surface area contributed by atoms with Crippen LogP contribution in [-0.2, 0) is 0 Å². The van der Waals surface area contributed by atoms with Gasteiger partial charge in [-0.05, 0) is 48.4 Å². The summed E-state index contributed by atoms with van der Waals surface area (Å²) in [6.45, 7) is 2.23. The standard InChI is InChI=1S/C15H24FN3/c1-2-10-4-3-5-11(8-10)15(19-18)13-9-12(16)6-7-14(13)17/h6-7,9-11,15,19H,2-5,8,17-18H2,1H3. The van der Waals surface area contributed by atoms with Gasteiger partial charge < -0.3 is 5.73 Å². The average Bonchev–Trinajstić information content (AvgIpc) is 2.44. The first kappa shape index (κ1) is 14.3. The molecule has 4 heteroatoms. The zero-order chi connectivity index (χ0) is 13.8. The normalized spacial score (nSPS) is 25.2. The van der Waals surface area contributed by atoms with E-state index in [9.17, 15) is 4.39 Å². The Bertz CT molecular complexity index is 422. The smallest absolute Gasteiger partial charge is 0.123 e. The van der Waals surface area contributed by atoms with E-state index < -0.39 is 0 Å². The minimum absolute atomic E-state index is 0.0509. The predicted molar refractivity (Wildman–Crippen MR) is 76.6 cm³/mol. The number of hydrazine groups is 1. The maximum Gasteiger partial charge on any atom is 0.123 e. The van der Waals surface area contributed by atoms with E-state index in [1.165, 1.54) is 31.4 Å². The van der Waals surface area contributed by atoms with Crippen molar-refractivity contribution in [1.82, 2.24) is 5.43 Å². The van der Waals surface area contributed by atoms with Crippen LogP contribution in [-0.4, -0.2) is 0 Å².